The molecule has 0 aliphatic carbocycles. The van der Waals surface area contributed by atoms with Gasteiger partial charge < -0.3 is 10.3 Å². The number of piperazine rings is 1. The maximum atomic E-state index is 4.49. The lowest BCUT2D eigenvalue weighted by Crippen LogP contribution is -2.57. The number of aryl methyl sites for hydroxylation is 2. The topological polar surface area (TPSA) is 105 Å². The molecule has 10 nitrogen and oxygen atoms in total. The van der Waals surface area contributed by atoms with E-state index < -0.39 is 0 Å². The first-order valence-electron chi connectivity index (χ1n) is 12.4. The van der Waals surface area contributed by atoms with Gasteiger partial charge in [0.2, 0.25) is 5.82 Å². The Hall–Kier alpha value is -3.89. The van der Waals surface area contributed by atoms with Crippen LogP contribution in [0, 0.1) is 0 Å². The smallest absolute Gasteiger partial charge is 0.205 e. The van der Waals surface area contributed by atoms with E-state index in [1.165, 1.54) is 21.3 Å². The fraction of sp³-hybridized carbons (Fsp3) is 0.346. The highest BCUT2D eigenvalue weighted by atomic mass is 15.6. The van der Waals surface area contributed by atoms with E-state index in [9.17, 15) is 0 Å². The van der Waals surface area contributed by atoms with Crippen molar-refractivity contribution in [1.82, 2.24) is 50.2 Å². The van der Waals surface area contributed by atoms with Crippen LogP contribution in [0.5, 0.6) is 0 Å². The number of aromatic nitrogens is 8. The molecule has 1 saturated heterocycles. The number of nitrogens with one attached hydrogen (secondary N) is 2. The van der Waals surface area contributed by atoms with Gasteiger partial charge in [-0.2, -0.15) is 4.80 Å². The molecule has 6 rings (SSSR count). The second kappa shape index (κ2) is 9.29. The molecule has 4 heterocycles. The van der Waals surface area contributed by atoms with Crippen molar-refractivity contribution >= 4 is 10.9 Å². The quantitative estimate of drug-likeness (QED) is 0.367. The molecular formula is C26H30N10. The average molecular weight is 483 g/mol. The Morgan fingerprint density at radius 2 is 1.94 bits per heavy atom. The van der Waals surface area contributed by atoms with Gasteiger partial charge in [-0.25, -0.2) is 0 Å². The third kappa shape index (κ3) is 4.08. The predicted octanol–water partition coefficient (Wildman–Crippen LogP) is 2.69. The molecular weight excluding hydrogens is 452 g/mol. The first-order chi connectivity index (χ1) is 17.6. The first-order valence-corrected chi connectivity index (χ1v) is 12.4. The van der Waals surface area contributed by atoms with Crippen LogP contribution < -0.4 is 5.32 Å². The summed E-state index contributed by atoms with van der Waals surface area (Å²) < 4.78 is 1.94. The van der Waals surface area contributed by atoms with Gasteiger partial charge in [-0.1, -0.05) is 24.3 Å². The summed E-state index contributed by atoms with van der Waals surface area (Å²) >= 11 is 0. The van der Waals surface area contributed by atoms with Crippen molar-refractivity contribution in [2.24, 2.45) is 7.05 Å². The van der Waals surface area contributed by atoms with Crippen molar-refractivity contribution in [1.29, 1.82) is 0 Å². The van der Waals surface area contributed by atoms with Crippen LogP contribution in [0.1, 0.15) is 24.5 Å². The molecule has 0 bridgehead atoms. The second-order valence-electron chi connectivity index (χ2n) is 9.60. The lowest BCUT2D eigenvalue weighted by atomic mass is 9.84. The minimum absolute atomic E-state index is 0.171. The van der Waals surface area contributed by atoms with Gasteiger partial charge in [0.1, 0.15) is 12.7 Å². The third-order valence-electron chi connectivity index (χ3n) is 7.32. The van der Waals surface area contributed by atoms with E-state index in [4.69, 9.17) is 0 Å². The number of nitrogens with zero attached hydrogens (tertiary/aromatic N) is 8. The molecule has 184 valence electrons. The van der Waals surface area contributed by atoms with E-state index in [2.05, 4.69) is 90.3 Å². The summed E-state index contributed by atoms with van der Waals surface area (Å²) in [7, 11) is 1.80. The summed E-state index contributed by atoms with van der Waals surface area (Å²) in [6.07, 6.45) is 7.66. The van der Waals surface area contributed by atoms with Gasteiger partial charge >= 0.3 is 0 Å². The normalized spacial score (nSPS) is 18.7. The molecule has 5 aromatic rings. The number of H-pyrrole nitrogens is 1. The Labute approximate surface area is 209 Å². The SMILES string of the molecule is Cn1nnc(-c2ccccc2C2(C)CNCCN2CCCc2c[nH]c3ccc(-n4cnnc4)cc23)n1. The molecule has 0 amide bonds. The number of fused-ring (bicyclic) bond motifs is 1. The van der Waals surface area contributed by atoms with E-state index in [1.54, 1.807) is 19.7 Å². The maximum Gasteiger partial charge on any atom is 0.205 e. The van der Waals surface area contributed by atoms with Crippen LogP contribution >= 0.6 is 0 Å². The minimum atomic E-state index is -0.171. The standard InChI is InChI=1S/C26H30N10/c1-26(23-8-4-3-7-21(23)25-31-33-34(2)32-25)16-27-11-13-36(26)12-5-6-19-15-28-24-10-9-20(14-22(19)24)35-17-29-30-18-35/h3-4,7-10,14-15,17-18,27-28H,5-6,11-13,16H2,1-2H3. The largest absolute Gasteiger partial charge is 0.361 e. The van der Waals surface area contributed by atoms with E-state index in [-0.39, 0.29) is 5.54 Å². The second-order valence-corrected chi connectivity index (χ2v) is 9.60. The summed E-state index contributed by atoms with van der Waals surface area (Å²) in [5.74, 6) is 0.669. The van der Waals surface area contributed by atoms with E-state index in [0.717, 1.165) is 55.8 Å². The summed E-state index contributed by atoms with van der Waals surface area (Å²) in [6.45, 7) is 6.17. The Kier molecular flexibility index (Phi) is 5.82. The molecule has 1 aliphatic heterocycles. The van der Waals surface area contributed by atoms with Crippen molar-refractivity contribution in [2.45, 2.75) is 25.3 Å². The van der Waals surface area contributed by atoms with E-state index in [1.807, 2.05) is 10.6 Å². The molecule has 10 heteroatoms. The molecule has 1 aliphatic rings. The molecule has 3 aromatic heterocycles. The van der Waals surface area contributed by atoms with Gasteiger partial charge in [-0.05, 0) is 60.8 Å². The number of aromatic amines is 1. The average Bonchev–Trinajstić information content (AvgIpc) is 3.67. The number of hydrogen-bond donors (Lipinski definition) is 2. The first kappa shape index (κ1) is 22.6. The van der Waals surface area contributed by atoms with Crippen molar-refractivity contribution in [3.8, 4) is 17.1 Å². The number of tetrazole rings is 1. The molecule has 2 N–H and O–H groups in total. The Balaban J connectivity index is 1.23. The van der Waals surface area contributed by atoms with Crippen LogP contribution in [0.4, 0.5) is 0 Å². The zero-order valence-electron chi connectivity index (χ0n) is 20.6. The highest BCUT2D eigenvalue weighted by Crippen LogP contribution is 2.36. The van der Waals surface area contributed by atoms with Crippen molar-refractivity contribution in [3.05, 3.63) is 72.4 Å². The Bertz CT molecular complexity index is 1470. The van der Waals surface area contributed by atoms with Crippen molar-refractivity contribution in [3.63, 3.8) is 0 Å². The fourth-order valence-electron chi connectivity index (χ4n) is 5.40. The van der Waals surface area contributed by atoms with Gasteiger partial charge in [0.05, 0.1) is 12.6 Å². The monoisotopic (exact) mass is 482 g/mol. The van der Waals surface area contributed by atoms with Crippen LogP contribution in [-0.2, 0) is 19.0 Å². The zero-order valence-corrected chi connectivity index (χ0v) is 20.6. The third-order valence-corrected chi connectivity index (χ3v) is 7.32. The lowest BCUT2D eigenvalue weighted by Gasteiger charge is -2.46. The molecule has 1 unspecified atom stereocenters. The molecule has 1 atom stereocenters. The molecule has 0 radical (unpaired) electrons. The molecule has 0 saturated carbocycles. The predicted molar refractivity (Wildman–Crippen MR) is 138 cm³/mol. The lowest BCUT2D eigenvalue weighted by molar-refractivity contribution is 0.0723. The number of benzene rings is 2. The molecule has 0 spiro atoms. The highest BCUT2D eigenvalue weighted by Gasteiger charge is 2.37. The van der Waals surface area contributed by atoms with Crippen LogP contribution in [0.15, 0.2) is 61.3 Å². The van der Waals surface area contributed by atoms with Crippen LogP contribution in [-0.4, -0.2) is 71.0 Å². The van der Waals surface area contributed by atoms with E-state index >= 15 is 0 Å². The summed E-state index contributed by atoms with van der Waals surface area (Å²) in [5.41, 5.74) is 5.66. The minimum Gasteiger partial charge on any atom is -0.361 e. The van der Waals surface area contributed by atoms with Crippen molar-refractivity contribution in [2.75, 3.05) is 26.2 Å². The molecule has 36 heavy (non-hydrogen) atoms. The number of rotatable bonds is 7. The van der Waals surface area contributed by atoms with E-state index in [0.29, 0.717) is 5.82 Å². The summed E-state index contributed by atoms with van der Waals surface area (Å²) in [5, 5.41) is 25.6. The van der Waals surface area contributed by atoms with Crippen LogP contribution in [0.25, 0.3) is 28.0 Å². The maximum absolute atomic E-state index is 4.49. The van der Waals surface area contributed by atoms with Gasteiger partial charge in [0.15, 0.2) is 0 Å². The zero-order chi connectivity index (χ0) is 24.5. The van der Waals surface area contributed by atoms with Gasteiger partial charge in [-0.3, -0.25) is 9.47 Å². The van der Waals surface area contributed by atoms with Crippen LogP contribution in [0.3, 0.4) is 0 Å². The van der Waals surface area contributed by atoms with Gasteiger partial charge in [0.25, 0.3) is 0 Å². The Morgan fingerprint density at radius 3 is 2.78 bits per heavy atom. The summed E-state index contributed by atoms with van der Waals surface area (Å²) in [4.78, 5) is 7.56. The van der Waals surface area contributed by atoms with Gasteiger partial charge in [0, 0.05) is 48.0 Å². The van der Waals surface area contributed by atoms with Crippen LogP contribution in [0.2, 0.25) is 0 Å². The Morgan fingerprint density at radius 1 is 1.08 bits per heavy atom. The van der Waals surface area contributed by atoms with Crippen molar-refractivity contribution < 1.29 is 0 Å². The molecule has 1 fully saturated rings. The number of hydrogen-bond acceptors (Lipinski definition) is 7. The summed E-state index contributed by atoms with van der Waals surface area (Å²) in [6, 6.07) is 14.9. The fourth-order valence-corrected chi connectivity index (χ4v) is 5.40. The van der Waals surface area contributed by atoms with Gasteiger partial charge in [-0.15, -0.1) is 20.4 Å². The molecule has 2 aromatic carbocycles. The highest BCUT2D eigenvalue weighted by molar-refractivity contribution is 5.85.